The Morgan fingerprint density at radius 1 is 1.10 bits per heavy atom. The Morgan fingerprint density at radius 3 is 2.05 bits per heavy atom. The van der Waals surface area contributed by atoms with E-state index in [0.717, 1.165) is 0 Å². The quantitative estimate of drug-likeness (QED) is 0.771. The van der Waals surface area contributed by atoms with Gasteiger partial charge in [0, 0.05) is 13.0 Å². The lowest BCUT2D eigenvalue weighted by atomic mass is 9.96. The highest BCUT2D eigenvalue weighted by atomic mass is 16.5. The molecule has 6 heteroatoms. The Kier molecular flexibility index (Phi) is 4.35. The molecule has 21 heavy (non-hydrogen) atoms. The van der Waals surface area contributed by atoms with E-state index >= 15 is 0 Å². The van der Waals surface area contributed by atoms with Crippen LogP contribution < -0.4 is 14.2 Å². The van der Waals surface area contributed by atoms with Gasteiger partial charge in [-0.15, -0.1) is 0 Å². The third-order valence-electron chi connectivity index (χ3n) is 3.65. The van der Waals surface area contributed by atoms with Gasteiger partial charge in [0.05, 0.1) is 27.2 Å². The van der Waals surface area contributed by atoms with Crippen molar-refractivity contribution >= 4 is 11.8 Å². The lowest BCUT2D eigenvalue weighted by Gasteiger charge is -2.16. The number of amides is 2. The van der Waals surface area contributed by atoms with Crippen molar-refractivity contribution in [2.24, 2.45) is 0 Å². The summed E-state index contributed by atoms with van der Waals surface area (Å²) in [5, 5.41) is 0. The fraction of sp³-hybridized carbons (Fsp3) is 0.467. The van der Waals surface area contributed by atoms with Gasteiger partial charge in [0.25, 0.3) is 0 Å². The third-order valence-corrected chi connectivity index (χ3v) is 3.65. The summed E-state index contributed by atoms with van der Waals surface area (Å²) >= 11 is 0. The second kappa shape index (κ2) is 6.03. The van der Waals surface area contributed by atoms with Crippen molar-refractivity contribution in [3.8, 4) is 17.2 Å². The summed E-state index contributed by atoms with van der Waals surface area (Å²) in [5.41, 5.74) is 0.693. The first-order valence-electron chi connectivity index (χ1n) is 6.71. The summed E-state index contributed by atoms with van der Waals surface area (Å²) in [6.07, 6.45) is 0.172. The summed E-state index contributed by atoms with van der Waals surface area (Å²) in [6, 6.07) is 3.44. The zero-order valence-electron chi connectivity index (χ0n) is 12.6. The molecule has 0 radical (unpaired) electrons. The van der Waals surface area contributed by atoms with Crippen LogP contribution in [-0.2, 0) is 9.59 Å². The molecule has 1 heterocycles. The number of likely N-dealkylation sites (N-methyl/N-ethyl adjacent to an activating group) is 1. The van der Waals surface area contributed by atoms with Crippen LogP contribution >= 0.6 is 0 Å². The Hall–Kier alpha value is -2.24. The van der Waals surface area contributed by atoms with E-state index in [-0.39, 0.29) is 18.2 Å². The normalized spacial score (nSPS) is 18.1. The molecule has 1 aromatic carbocycles. The highest BCUT2D eigenvalue weighted by molar-refractivity contribution is 6.06. The maximum atomic E-state index is 12.3. The molecule has 1 aliphatic heterocycles. The second-order valence-electron chi connectivity index (χ2n) is 4.69. The number of benzene rings is 1. The largest absolute Gasteiger partial charge is 0.493 e. The van der Waals surface area contributed by atoms with Crippen molar-refractivity contribution in [3.05, 3.63) is 17.7 Å². The minimum absolute atomic E-state index is 0.152. The van der Waals surface area contributed by atoms with Crippen molar-refractivity contribution in [3.63, 3.8) is 0 Å². The molecule has 1 fully saturated rings. The second-order valence-corrected chi connectivity index (χ2v) is 4.69. The van der Waals surface area contributed by atoms with Crippen LogP contribution in [0.5, 0.6) is 17.2 Å². The van der Waals surface area contributed by atoms with Crippen LogP contribution in [0.2, 0.25) is 0 Å². The van der Waals surface area contributed by atoms with Gasteiger partial charge in [-0.2, -0.15) is 0 Å². The number of imide groups is 1. The number of rotatable bonds is 5. The number of hydrogen-bond donors (Lipinski definition) is 0. The van der Waals surface area contributed by atoms with Gasteiger partial charge >= 0.3 is 0 Å². The number of carbonyl (C=O) groups is 2. The zero-order valence-corrected chi connectivity index (χ0v) is 12.6. The summed E-state index contributed by atoms with van der Waals surface area (Å²) < 4.78 is 15.8. The van der Waals surface area contributed by atoms with E-state index in [1.165, 1.54) is 26.2 Å². The van der Waals surface area contributed by atoms with E-state index in [0.29, 0.717) is 29.4 Å². The fourth-order valence-electron chi connectivity index (χ4n) is 2.58. The Labute approximate surface area is 123 Å². The van der Waals surface area contributed by atoms with Gasteiger partial charge in [0.15, 0.2) is 11.5 Å². The average Bonchev–Trinajstić information content (AvgIpc) is 2.79. The molecule has 0 N–H and O–H groups in total. The van der Waals surface area contributed by atoms with E-state index in [2.05, 4.69) is 0 Å². The molecule has 1 atom stereocenters. The lowest BCUT2D eigenvalue weighted by molar-refractivity contribution is -0.138. The molecule has 0 aliphatic carbocycles. The molecular formula is C15H19NO5. The first-order valence-corrected chi connectivity index (χ1v) is 6.71. The fourth-order valence-corrected chi connectivity index (χ4v) is 2.58. The van der Waals surface area contributed by atoms with Crippen molar-refractivity contribution in [1.29, 1.82) is 0 Å². The van der Waals surface area contributed by atoms with Crippen LogP contribution in [0.15, 0.2) is 12.1 Å². The first-order chi connectivity index (χ1) is 10.1. The molecule has 0 spiro atoms. The van der Waals surface area contributed by atoms with Gasteiger partial charge < -0.3 is 14.2 Å². The summed E-state index contributed by atoms with van der Waals surface area (Å²) in [5.74, 6) is 0.584. The number of ether oxygens (including phenoxy) is 3. The van der Waals surface area contributed by atoms with Gasteiger partial charge in [-0.3, -0.25) is 14.5 Å². The Morgan fingerprint density at radius 2 is 1.67 bits per heavy atom. The zero-order chi connectivity index (χ0) is 15.6. The van der Waals surface area contributed by atoms with E-state index in [1.54, 1.807) is 19.1 Å². The first kappa shape index (κ1) is 15.2. The number of carbonyl (C=O) groups excluding carboxylic acids is 2. The van der Waals surface area contributed by atoms with Crippen LogP contribution in [0.1, 0.15) is 24.8 Å². The minimum atomic E-state index is -0.494. The predicted molar refractivity (Wildman–Crippen MR) is 75.9 cm³/mol. The van der Waals surface area contributed by atoms with Gasteiger partial charge in [0.1, 0.15) is 0 Å². The maximum absolute atomic E-state index is 12.3. The van der Waals surface area contributed by atoms with Crippen LogP contribution in [0.4, 0.5) is 0 Å². The Bertz CT molecular complexity index is 544. The molecule has 1 aliphatic rings. The van der Waals surface area contributed by atoms with Crippen LogP contribution in [0.25, 0.3) is 0 Å². The number of nitrogens with zero attached hydrogens (tertiary/aromatic N) is 1. The van der Waals surface area contributed by atoms with Crippen molar-refractivity contribution in [2.75, 3.05) is 27.9 Å². The summed E-state index contributed by atoms with van der Waals surface area (Å²) in [6.45, 7) is 2.17. The molecule has 1 unspecified atom stereocenters. The summed E-state index contributed by atoms with van der Waals surface area (Å²) in [4.78, 5) is 25.4. The minimum Gasteiger partial charge on any atom is -0.493 e. The van der Waals surface area contributed by atoms with Gasteiger partial charge in [0.2, 0.25) is 17.6 Å². The molecule has 2 amide bonds. The lowest BCUT2D eigenvalue weighted by Crippen LogP contribution is -2.29. The van der Waals surface area contributed by atoms with Crippen LogP contribution in [-0.4, -0.2) is 44.6 Å². The van der Waals surface area contributed by atoms with Crippen molar-refractivity contribution in [2.45, 2.75) is 19.3 Å². The highest BCUT2D eigenvalue weighted by Gasteiger charge is 2.39. The van der Waals surface area contributed by atoms with Crippen LogP contribution in [0.3, 0.4) is 0 Å². The van der Waals surface area contributed by atoms with Gasteiger partial charge in [-0.1, -0.05) is 0 Å². The summed E-state index contributed by atoms with van der Waals surface area (Å²) in [7, 11) is 4.55. The number of methoxy groups -OCH3 is 3. The molecule has 0 saturated carbocycles. The van der Waals surface area contributed by atoms with Crippen molar-refractivity contribution in [1.82, 2.24) is 4.90 Å². The SMILES string of the molecule is CCN1C(=O)CC(c2cc(OC)c(OC)c(OC)c2)C1=O. The molecule has 0 aromatic heterocycles. The smallest absolute Gasteiger partial charge is 0.237 e. The molecule has 6 nitrogen and oxygen atoms in total. The highest BCUT2D eigenvalue weighted by Crippen LogP contribution is 2.42. The average molecular weight is 293 g/mol. The Balaban J connectivity index is 2.46. The molecule has 1 aromatic rings. The molecule has 114 valence electrons. The van der Waals surface area contributed by atoms with Gasteiger partial charge in [-0.25, -0.2) is 0 Å². The monoisotopic (exact) mass is 293 g/mol. The topological polar surface area (TPSA) is 65.1 Å². The van der Waals surface area contributed by atoms with E-state index in [1.807, 2.05) is 0 Å². The van der Waals surface area contributed by atoms with E-state index in [9.17, 15) is 9.59 Å². The van der Waals surface area contributed by atoms with Crippen LogP contribution in [0, 0.1) is 0 Å². The van der Waals surface area contributed by atoms with Gasteiger partial charge in [-0.05, 0) is 24.6 Å². The molecular weight excluding hydrogens is 274 g/mol. The van der Waals surface area contributed by atoms with E-state index in [4.69, 9.17) is 14.2 Å². The van der Waals surface area contributed by atoms with E-state index < -0.39 is 5.92 Å². The maximum Gasteiger partial charge on any atom is 0.237 e. The molecule has 2 rings (SSSR count). The van der Waals surface area contributed by atoms with Crippen molar-refractivity contribution < 1.29 is 23.8 Å². The molecule has 0 bridgehead atoms. The third kappa shape index (κ3) is 2.53. The standard InChI is InChI=1S/C15H19NO5/c1-5-16-13(17)8-10(15(16)18)9-6-11(19-2)14(21-4)12(7-9)20-3/h6-7,10H,5,8H2,1-4H3. The predicted octanol–water partition coefficient (Wildman–Crippen LogP) is 1.57. The number of likely N-dealkylation sites (tertiary alicyclic amines) is 1. The number of hydrogen-bond acceptors (Lipinski definition) is 5. The molecule has 1 saturated heterocycles.